The molecule has 2 nitrogen and oxygen atoms in total. The van der Waals surface area contributed by atoms with E-state index in [1.54, 1.807) is 11.8 Å². The van der Waals surface area contributed by atoms with Crippen molar-refractivity contribution in [1.29, 1.82) is 0 Å². The Morgan fingerprint density at radius 3 is 2.86 bits per heavy atom. The van der Waals surface area contributed by atoms with Crippen molar-refractivity contribution in [2.75, 3.05) is 17.7 Å². The number of aromatic nitrogens is 1. The van der Waals surface area contributed by atoms with Crippen molar-refractivity contribution >= 4 is 38.4 Å². The Kier molecular flexibility index (Phi) is 3.36. The quantitative estimate of drug-likeness (QED) is 0.644. The van der Waals surface area contributed by atoms with Gasteiger partial charge >= 0.3 is 0 Å². The molecule has 0 amide bonds. The van der Waals surface area contributed by atoms with E-state index in [2.05, 4.69) is 53.6 Å². The lowest BCUT2D eigenvalue weighted by atomic mass is 10.0. The van der Waals surface area contributed by atoms with Crippen molar-refractivity contribution in [3.8, 4) is 0 Å². The number of nitrogens with zero attached hydrogens (tertiary/aromatic N) is 2. The highest BCUT2D eigenvalue weighted by Gasteiger charge is 2.18. The van der Waals surface area contributed by atoms with Crippen LogP contribution in [-0.4, -0.2) is 17.8 Å². The summed E-state index contributed by atoms with van der Waals surface area (Å²) in [7, 11) is 0. The summed E-state index contributed by atoms with van der Waals surface area (Å²) in [6.07, 6.45) is 3.23. The summed E-state index contributed by atoms with van der Waals surface area (Å²) in [5.41, 5.74) is 4.04. The van der Waals surface area contributed by atoms with Gasteiger partial charge in [-0.05, 0) is 42.0 Å². The molecule has 1 aromatic heterocycles. The van der Waals surface area contributed by atoms with Gasteiger partial charge in [0.1, 0.15) is 0 Å². The van der Waals surface area contributed by atoms with Crippen LogP contribution in [0.2, 0.25) is 0 Å². The van der Waals surface area contributed by atoms with Crippen molar-refractivity contribution < 1.29 is 0 Å². The second-order valence-corrected chi connectivity index (χ2v) is 7.16. The molecule has 0 bridgehead atoms. The number of anilines is 1. The van der Waals surface area contributed by atoms with Crippen molar-refractivity contribution in [3.05, 3.63) is 53.6 Å². The lowest BCUT2D eigenvalue weighted by Crippen LogP contribution is -2.30. The molecule has 21 heavy (non-hydrogen) atoms. The maximum absolute atomic E-state index is 4.82. The van der Waals surface area contributed by atoms with Crippen LogP contribution in [0.25, 0.3) is 10.2 Å². The number of fused-ring (bicyclic) bond motifs is 2. The van der Waals surface area contributed by atoms with Crippen molar-refractivity contribution in [1.82, 2.24) is 4.98 Å². The Morgan fingerprint density at radius 2 is 2.00 bits per heavy atom. The van der Waals surface area contributed by atoms with Crippen LogP contribution in [0.15, 0.2) is 47.4 Å². The first-order chi connectivity index (χ1) is 10.3. The lowest BCUT2D eigenvalue weighted by molar-refractivity contribution is 0.730. The molecule has 4 heteroatoms. The minimum atomic E-state index is 0.978. The standard InChI is InChI=1S/C17H16N2S2/c1-20-14-6-7-15-16(10-14)21-17(18-15)19-9-8-12-4-2-3-5-13(12)11-19/h2-7,10H,8-9,11H2,1H3. The van der Waals surface area contributed by atoms with E-state index in [9.17, 15) is 0 Å². The summed E-state index contributed by atoms with van der Waals surface area (Å²) in [6.45, 7) is 2.04. The molecule has 106 valence electrons. The third kappa shape index (κ3) is 2.43. The molecule has 0 fully saturated rings. The number of rotatable bonds is 2. The van der Waals surface area contributed by atoms with E-state index >= 15 is 0 Å². The normalized spacial score (nSPS) is 14.4. The Morgan fingerprint density at radius 1 is 1.14 bits per heavy atom. The van der Waals surface area contributed by atoms with E-state index < -0.39 is 0 Å². The molecule has 0 radical (unpaired) electrons. The van der Waals surface area contributed by atoms with Crippen LogP contribution >= 0.6 is 23.1 Å². The Balaban J connectivity index is 1.68. The highest BCUT2D eigenvalue weighted by molar-refractivity contribution is 7.98. The third-order valence-corrected chi connectivity index (χ3v) is 5.79. The van der Waals surface area contributed by atoms with E-state index in [0.29, 0.717) is 0 Å². The summed E-state index contributed by atoms with van der Waals surface area (Å²) < 4.78 is 1.29. The van der Waals surface area contributed by atoms with Crippen molar-refractivity contribution in [2.45, 2.75) is 17.9 Å². The molecule has 2 heterocycles. The first-order valence-corrected chi connectivity index (χ1v) is 9.14. The van der Waals surface area contributed by atoms with Gasteiger partial charge in [0, 0.05) is 18.0 Å². The molecular weight excluding hydrogens is 296 g/mol. The lowest BCUT2D eigenvalue weighted by Gasteiger charge is -2.28. The Bertz CT molecular complexity index is 794. The molecule has 0 atom stereocenters. The summed E-state index contributed by atoms with van der Waals surface area (Å²) in [4.78, 5) is 8.54. The van der Waals surface area contributed by atoms with Gasteiger partial charge in [-0.3, -0.25) is 0 Å². The third-order valence-electron chi connectivity index (χ3n) is 3.99. The number of benzene rings is 2. The van der Waals surface area contributed by atoms with E-state index in [4.69, 9.17) is 4.98 Å². The van der Waals surface area contributed by atoms with Crippen LogP contribution < -0.4 is 4.90 Å². The zero-order valence-electron chi connectivity index (χ0n) is 11.9. The van der Waals surface area contributed by atoms with Crippen LogP contribution in [0.3, 0.4) is 0 Å². The largest absolute Gasteiger partial charge is 0.343 e. The molecule has 0 saturated heterocycles. The van der Waals surface area contributed by atoms with Crippen LogP contribution in [0.1, 0.15) is 11.1 Å². The SMILES string of the molecule is CSc1ccc2nc(N3CCc4ccccc4C3)sc2c1. The van der Waals surface area contributed by atoms with E-state index in [-0.39, 0.29) is 0 Å². The maximum atomic E-state index is 4.82. The first kappa shape index (κ1) is 13.2. The molecule has 3 aromatic rings. The summed E-state index contributed by atoms with van der Waals surface area (Å²) in [5.74, 6) is 0. The molecule has 0 unspecified atom stereocenters. The van der Waals surface area contributed by atoms with Crippen LogP contribution in [-0.2, 0) is 13.0 Å². The highest BCUT2D eigenvalue weighted by atomic mass is 32.2. The number of thiazole rings is 1. The van der Waals surface area contributed by atoms with Crippen molar-refractivity contribution in [3.63, 3.8) is 0 Å². The summed E-state index contributed by atoms with van der Waals surface area (Å²) in [5, 5.41) is 1.15. The summed E-state index contributed by atoms with van der Waals surface area (Å²) in [6, 6.07) is 15.3. The zero-order valence-corrected chi connectivity index (χ0v) is 13.5. The number of hydrogen-bond acceptors (Lipinski definition) is 4. The van der Waals surface area contributed by atoms with Crippen LogP contribution in [0, 0.1) is 0 Å². The van der Waals surface area contributed by atoms with Crippen LogP contribution in [0.5, 0.6) is 0 Å². The van der Waals surface area contributed by atoms with E-state index in [0.717, 1.165) is 30.2 Å². The Hall–Kier alpha value is -1.52. The van der Waals surface area contributed by atoms with Gasteiger partial charge < -0.3 is 4.90 Å². The predicted molar refractivity (Wildman–Crippen MR) is 92.6 cm³/mol. The number of thioether (sulfide) groups is 1. The minimum absolute atomic E-state index is 0.978. The fourth-order valence-corrected chi connectivity index (χ4v) is 4.36. The van der Waals surface area contributed by atoms with Gasteiger partial charge in [0.25, 0.3) is 0 Å². The molecule has 1 aliphatic rings. The molecule has 1 aliphatic heterocycles. The highest BCUT2D eigenvalue weighted by Crippen LogP contribution is 2.33. The summed E-state index contributed by atoms with van der Waals surface area (Å²) >= 11 is 3.59. The monoisotopic (exact) mass is 312 g/mol. The number of hydrogen-bond donors (Lipinski definition) is 0. The minimum Gasteiger partial charge on any atom is -0.343 e. The Labute approximate surface area is 132 Å². The van der Waals surface area contributed by atoms with Crippen LogP contribution in [0.4, 0.5) is 5.13 Å². The first-order valence-electron chi connectivity index (χ1n) is 7.10. The smallest absolute Gasteiger partial charge is 0.186 e. The predicted octanol–water partition coefficient (Wildman–Crippen LogP) is 4.58. The molecule has 0 aliphatic carbocycles. The molecule has 2 aromatic carbocycles. The second-order valence-electron chi connectivity index (χ2n) is 5.27. The van der Waals surface area contributed by atoms with E-state index in [1.807, 2.05) is 11.3 Å². The fraction of sp³-hybridized carbons (Fsp3) is 0.235. The average molecular weight is 312 g/mol. The fourth-order valence-electron chi connectivity index (χ4n) is 2.81. The van der Waals surface area contributed by atoms with Gasteiger partial charge in [0.2, 0.25) is 0 Å². The van der Waals surface area contributed by atoms with Crippen molar-refractivity contribution in [2.24, 2.45) is 0 Å². The van der Waals surface area contributed by atoms with Gasteiger partial charge in [-0.15, -0.1) is 11.8 Å². The van der Waals surface area contributed by atoms with Gasteiger partial charge in [-0.1, -0.05) is 35.6 Å². The molecular formula is C17H16N2S2. The zero-order chi connectivity index (χ0) is 14.2. The molecule has 0 spiro atoms. The van der Waals surface area contributed by atoms with Gasteiger partial charge in [-0.25, -0.2) is 4.98 Å². The van der Waals surface area contributed by atoms with E-state index in [1.165, 1.54) is 20.7 Å². The molecule has 4 rings (SSSR count). The second kappa shape index (κ2) is 5.35. The molecule has 0 N–H and O–H groups in total. The van der Waals surface area contributed by atoms with Gasteiger partial charge in [-0.2, -0.15) is 0 Å². The maximum Gasteiger partial charge on any atom is 0.186 e. The average Bonchev–Trinajstić information content (AvgIpc) is 2.97. The topological polar surface area (TPSA) is 16.1 Å². The molecule has 0 saturated carbocycles. The van der Waals surface area contributed by atoms with Gasteiger partial charge in [0.05, 0.1) is 10.2 Å². The van der Waals surface area contributed by atoms with Gasteiger partial charge in [0.15, 0.2) is 5.13 Å².